The fraction of sp³-hybridized carbons (Fsp3) is 1.00. The van der Waals surface area contributed by atoms with Gasteiger partial charge in [0, 0.05) is 41.3 Å². The van der Waals surface area contributed by atoms with Gasteiger partial charge in [-0.05, 0) is 38.9 Å². The van der Waals surface area contributed by atoms with Gasteiger partial charge in [0.05, 0.1) is 0 Å². The summed E-state index contributed by atoms with van der Waals surface area (Å²) in [6, 6.07) is 1.38. The van der Waals surface area contributed by atoms with Gasteiger partial charge in [0.25, 0.3) is 11.9 Å². The van der Waals surface area contributed by atoms with Gasteiger partial charge in [-0.3, -0.25) is 0 Å². The maximum absolute atomic E-state index is 6.27. The summed E-state index contributed by atoms with van der Waals surface area (Å²) in [4.78, 5) is 0. The molecular formula is C15H35NO6Si. The van der Waals surface area contributed by atoms with E-state index in [2.05, 4.69) is 0 Å². The quantitative estimate of drug-likeness (QED) is 0.379. The smallest absolute Gasteiger partial charge is 0.343 e. The summed E-state index contributed by atoms with van der Waals surface area (Å²) < 4.78 is 34.6. The van der Waals surface area contributed by atoms with E-state index in [4.69, 9.17) is 33.5 Å². The lowest BCUT2D eigenvalue weighted by Gasteiger charge is -2.42. The van der Waals surface area contributed by atoms with Crippen LogP contribution >= 0.6 is 0 Å². The summed E-state index contributed by atoms with van der Waals surface area (Å²) in [6.45, 7) is 10.7. The van der Waals surface area contributed by atoms with Gasteiger partial charge in [0.1, 0.15) is 0 Å². The van der Waals surface area contributed by atoms with Crippen LogP contribution in [0.4, 0.5) is 0 Å². The van der Waals surface area contributed by atoms with Crippen LogP contribution in [0.25, 0.3) is 0 Å². The Morgan fingerprint density at radius 1 is 0.870 bits per heavy atom. The third-order valence-electron chi connectivity index (χ3n) is 3.60. The molecule has 0 aromatic heterocycles. The van der Waals surface area contributed by atoms with Crippen LogP contribution in [-0.4, -0.2) is 54.5 Å². The average molecular weight is 354 g/mol. The lowest BCUT2D eigenvalue weighted by atomic mass is 10.5. The molecule has 2 atom stereocenters. The number of nitrogens with two attached hydrogens (primary N) is 1. The van der Waals surface area contributed by atoms with Crippen molar-refractivity contribution >= 4 is 8.56 Å². The van der Waals surface area contributed by atoms with Crippen molar-refractivity contribution in [1.82, 2.24) is 0 Å². The van der Waals surface area contributed by atoms with Gasteiger partial charge in [0.2, 0.25) is 0 Å². The van der Waals surface area contributed by atoms with Gasteiger partial charge < -0.3 is 33.5 Å². The van der Waals surface area contributed by atoms with Gasteiger partial charge in [-0.15, -0.1) is 0 Å². The summed E-state index contributed by atoms with van der Waals surface area (Å²) >= 11 is 0. The number of hydrogen-bond acceptors (Lipinski definition) is 7. The minimum absolute atomic E-state index is 0.461. The molecule has 0 radical (unpaired) electrons. The predicted octanol–water partition coefficient (Wildman–Crippen LogP) is 2.54. The number of methoxy groups -OCH3 is 2. The van der Waals surface area contributed by atoms with Crippen molar-refractivity contribution in [3.63, 3.8) is 0 Å². The van der Waals surface area contributed by atoms with Crippen LogP contribution in [0, 0.1) is 0 Å². The van der Waals surface area contributed by atoms with E-state index in [1.54, 1.807) is 28.1 Å². The zero-order valence-corrected chi connectivity index (χ0v) is 16.8. The molecule has 23 heavy (non-hydrogen) atoms. The molecule has 0 spiro atoms. The normalized spacial score (nSPS) is 19.8. The lowest BCUT2D eigenvalue weighted by Crippen LogP contribution is -2.56. The van der Waals surface area contributed by atoms with Crippen LogP contribution in [0.1, 0.15) is 41.0 Å². The van der Waals surface area contributed by atoms with E-state index < -0.39 is 20.5 Å². The molecule has 7 nitrogen and oxygen atoms in total. The average Bonchev–Trinajstić information content (AvgIpc) is 2.53. The molecular weight excluding hydrogens is 318 g/mol. The standard InChI is InChI=1S/C15H35NO6Si/c1-8-19-14(4,17-6)21-23(10-3,13-11-12-16)22-15(5,18-7)20-9-2/h8-13,16H2,1-7H3. The number of ether oxygens (including phenoxy) is 4. The molecule has 2 N–H and O–H groups in total. The van der Waals surface area contributed by atoms with E-state index in [0.717, 1.165) is 6.42 Å². The minimum Gasteiger partial charge on any atom is -0.343 e. The Balaban J connectivity index is 5.44. The first kappa shape index (κ1) is 22.9. The van der Waals surface area contributed by atoms with E-state index in [1.807, 2.05) is 20.8 Å². The molecule has 0 saturated heterocycles. The molecule has 0 amide bonds. The van der Waals surface area contributed by atoms with E-state index in [9.17, 15) is 0 Å². The van der Waals surface area contributed by atoms with Gasteiger partial charge in [0.15, 0.2) is 0 Å². The molecule has 0 aliphatic carbocycles. The maximum atomic E-state index is 6.27. The monoisotopic (exact) mass is 353 g/mol. The predicted molar refractivity (Wildman–Crippen MR) is 91.0 cm³/mol. The molecule has 140 valence electrons. The largest absolute Gasteiger partial charge is 0.346 e. The summed E-state index contributed by atoms with van der Waals surface area (Å²) in [7, 11) is 0.336. The van der Waals surface area contributed by atoms with Crippen LogP contribution in [0.5, 0.6) is 0 Å². The molecule has 0 aliphatic rings. The zero-order chi connectivity index (χ0) is 18.0. The zero-order valence-electron chi connectivity index (χ0n) is 15.8. The molecule has 0 aliphatic heterocycles. The highest BCUT2D eigenvalue weighted by Crippen LogP contribution is 2.33. The molecule has 0 heterocycles. The van der Waals surface area contributed by atoms with Crippen LogP contribution in [0.2, 0.25) is 12.1 Å². The Morgan fingerprint density at radius 3 is 1.57 bits per heavy atom. The molecule has 0 fully saturated rings. The lowest BCUT2D eigenvalue weighted by molar-refractivity contribution is -0.359. The van der Waals surface area contributed by atoms with Crippen molar-refractivity contribution < 1.29 is 27.8 Å². The van der Waals surface area contributed by atoms with Crippen molar-refractivity contribution in [3.05, 3.63) is 0 Å². The first-order chi connectivity index (χ1) is 10.8. The van der Waals surface area contributed by atoms with Crippen LogP contribution < -0.4 is 5.73 Å². The Morgan fingerprint density at radius 2 is 1.30 bits per heavy atom. The molecule has 0 aromatic carbocycles. The highest BCUT2D eigenvalue weighted by Gasteiger charge is 2.48. The summed E-state index contributed by atoms with van der Waals surface area (Å²) in [6.07, 6.45) is 0.776. The molecule has 0 rings (SSSR count). The van der Waals surface area contributed by atoms with Gasteiger partial charge in [-0.1, -0.05) is 6.92 Å². The minimum atomic E-state index is -2.76. The molecule has 0 saturated carbocycles. The summed E-state index contributed by atoms with van der Waals surface area (Å²) in [5, 5.41) is 0. The van der Waals surface area contributed by atoms with Gasteiger partial charge in [-0.25, -0.2) is 0 Å². The molecule has 0 aromatic rings. The van der Waals surface area contributed by atoms with E-state index in [-0.39, 0.29) is 0 Å². The molecule has 0 bridgehead atoms. The SMILES string of the molecule is CCOC(C)(OC)O[Si](CC)(CCCN)OC(C)(OC)OCC. The van der Waals surface area contributed by atoms with Gasteiger partial charge in [-0.2, -0.15) is 0 Å². The Hall–Kier alpha value is -0.0631. The second kappa shape index (κ2) is 10.7. The topological polar surface area (TPSA) is 81.4 Å². The number of rotatable bonds is 14. The highest BCUT2D eigenvalue weighted by atomic mass is 28.4. The van der Waals surface area contributed by atoms with E-state index >= 15 is 0 Å². The van der Waals surface area contributed by atoms with Crippen LogP contribution in [0.15, 0.2) is 0 Å². The third kappa shape index (κ3) is 7.57. The second-order valence-corrected chi connectivity index (χ2v) is 8.80. The van der Waals surface area contributed by atoms with Gasteiger partial charge >= 0.3 is 8.56 Å². The fourth-order valence-corrected chi connectivity index (χ4v) is 5.54. The highest BCUT2D eigenvalue weighted by molar-refractivity contribution is 6.67. The first-order valence-electron chi connectivity index (χ1n) is 8.26. The van der Waals surface area contributed by atoms with E-state index in [1.165, 1.54) is 0 Å². The van der Waals surface area contributed by atoms with Crippen molar-refractivity contribution in [2.45, 2.75) is 65.1 Å². The molecule has 2 unspecified atom stereocenters. The van der Waals surface area contributed by atoms with Crippen LogP contribution in [-0.2, 0) is 27.8 Å². The van der Waals surface area contributed by atoms with Crippen molar-refractivity contribution in [3.8, 4) is 0 Å². The molecule has 8 heteroatoms. The van der Waals surface area contributed by atoms with Crippen LogP contribution in [0.3, 0.4) is 0 Å². The van der Waals surface area contributed by atoms with E-state index in [0.29, 0.717) is 31.8 Å². The first-order valence-corrected chi connectivity index (χ1v) is 10.5. The second-order valence-electron chi connectivity index (χ2n) is 5.36. The third-order valence-corrected chi connectivity index (χ3v) is 7.28. The Kier molecular flexibility index (Phi) is 10.7. The Bertz CT molecular complexity index is 300. The van der Waals surface area contributed by atoms with Crippen molar-refractivity contribution in [1.29, 1.82) is 0 Å². The summed E-state index contributed by atoms with van der Waals surface area (Å²) in [5.74, 6) is -2.35. The maximum Gasteiger partial charge on any atom is 0.346 e. The van der Waals surface area contributed by atoms with Crippen molar-refractivity contribution in [2.75, 3.05) is 34.0 Å². The van der Waals surface area contributed by atoms with Crippen molar-refractivity contribution in [2.24, 2.45) is 5.73 Å². The fourth-order valence-electron chi connectivity index (χ4n) is 2.28. The summed E-state index contributed by atoms with van der Waals surface area (Å²) in [5.41, 5.74) is 5.69. The number of hydrogen-bond donors (Lipinski definition) is 1. The Labute approximate surface area is 141 Å².